The van der Waals surface area contributed by atoms with Crippen molar-refractivity contribution in [3.05, 3.63) is 69.7 Å². The number of nitrogens with zero attached hydrogens (tertiary/aromatic N) is 1. The largest absolute Gasteiger partial charge is 0.396 e. The van der Waals surface area contributed by atoms with Gasteiger partial charge >= 0.3 is 0 Å². The van der Waals surface area contributed by atoms with Gasteiger partial charge < -0.3 is 14.6 Å². The number of aliphatic hydroxyl groups excluding tert-OH is 1. The summed E-state index contributed by atoms with van der Waals surface area (Å²) in [6.07, 6.45) is 0.0228. The molecule has 4 nitrogen and oxygen atoms in total. The van der Waals surface area contributed by atoms with Crippen LogP contribution in [0.2, 0.25) is 10.0 Å². The molecule has 132 valence electrons. The SMILES string of the molecule is OCC[C@]12CO[C@H](c3cccc(Cl)c3)N1[C@H](c1cccc(Cl)c1)OC2. The van der Waals surface area contributed by atoms with Crippen molar-refractivity contribution in [1.29, 1.82) is 0 Å². The van der Waals surface area contributed by atoms with E-state index in [9.17, 15) is 5.11 Å². The highest BCUT2D eigenvalue weighted by atomic mass is 35.5. The summed E-state index contributed by atoms with van der Waals surface area (Å²) in [6.45, 7) is 1.08. The highest BCUT2D eigenvalue weighted by Gasteiger charge is 2.56. The van der Waals surface area contributed by atoms with Crippen LogP contribution in [0.4, 0.5) is 0 Å². The summed E-state index contributed by atoms with van der Waals surface area (Å²) >= 11 is 12.3. The number of fused-ring (bicyclic) bond motifs is 1. The van der Waals surface area contributed by atoms with E-state index in [1.807, 2.05) is 48.5 Å². The second kappa shape index (κ2) is 6.88. The fourth-order valence-electron chi connectivity index (χ4n) is 3.76. The molecule has 2 aliphatic rings. The molecule has 4 rings (SSSR count). The van der Waals surface area contributed by atoms with Crippen LogP contribution in [-0.2, 0) is 9.47 Å². The van der Waals surface area contributed by atoms with Crippen LogP contribution in [0.1, 0.15) is 30.0 Å². The van der Waals surface area contributed by atoms with Gasteiger partial charge in [-0.05, 0) is 41.8 Å². The van der Waals surface area contributed by atoms with Gasteiger partial charge in [-0.25, -0.2) is 4.90 Å². The lowest BCUT2D eigenvalue weighted by Crippen LogP contribution is -2.45. The van der Waals surface area contributed by atoms with Crippen molar-refractivity contribution in [2.45, 2.75) is 24.4 Å². The average Bonchev–Trinajstić information content (AvgIpc) is 3.12. The standard InChI is InChI=1S/C19H19Cl2NO3/c20-15-5-1-3-13(9-15)17-22-18(14-4-2-6-16(21)10-14)25-12-19(22,7-8-23)11-24-17/h1-6,9-10,17-18,23H,7-8,11-12H2/t17-,18+,19-. The highest BCUT2D eigenvalue weighted by Crippen LogP contribution is 2.50. The minimum atomic E-state index is -0.352. The van der Waals surface area contributed by atoms with Crippen LogP contribution < -0.4 is 0 Å². The number of hydrogen-bond acceptors (Lipinski definition) is 4. The molecule has 3 atom stereocenters. The zero-order chi connectivity index (χ0) is 17.4. The Kier molecular flexibility index (Phi) is 4.75. The van der Waals surface area contributed by atoms with E-state index in [0.29, 0.717) is 29.7 Å². The van der Waals surface area contributed by atoms with E-state index in [0.717, 1.165) is 11.1 Å². The van der Waals surface area contributed by atoms with Crippen molar-refractivity contribution >= 4 is 23.2 Å². The monoisotopic (exact) mass is 379 g/mol. The first-order valence-corrected chi connectivity index (χ1v) is 9.02. The summed E-state index contributed by atoms with van der Waals surface area (Å²) in [5, 5.41) is 10.9. The van der Waals surface area contributed by atoms with Gasteiger partial charge in [0.05, 0.1) is 18.8 Å². The molecule has 2 saturated heterocycles. The summed E-state index contributed by atoms with van der Waals surface area (Å²) in [7, 11) is 0. The Morgan fingerprint density at radius 2 is 1.48 bits per heavy atom. The van der Waals surface area contributed by atoms with Crippen molar-refractivity contribution in [2.75, 3.05) is 19.8 Å². The third kappa shape index (κ3) is 3.08. The van der Waals surface area contributed by atoms with Crippen LogP contribution in [0.3, 0.4) is 0 Å². The number of aliphatic hydroxyl groups is 1. The van der Waals surface area contributed by atoms with Crippen molar-refractivity contribution in [3.8, 4) is 0 Å². The molecule has 2 aromatic rings. The highest BCUT2D eigenvalue weighted by molar-refractivity contribution is 6.30. The molecule has 0 amide bonds. The van der Waals surface area contributed by atoms with Crippen LogP contribution in [-0.4, -0.2) is 35.4 Å². The minimum Gasteiger partial charge on any atom is -0.396 e. The molecular weight excluding hydrogens is 361 g/mol. The quantitative estimate of drug-likeness (QED) is 0.865. The lowest BCUT2D eigenvalue weighted by Gasteiger charge is -2.34. The van der Waals surface area contributed by atoms with E-state index in [1.54, 1.807) is 0 Å². The Morgan fingerprint density at radius 3 is 1.92 bits per heavy atom. The molecule has 0 unspecified atom stereocenters. The second-order valence-corrected chi connectivity index (χ2v) is 7.41. The molecule has 2 heterocycles. The fraction of sp³-hybridized carbons (Fsp3) is 0.368. The van der Waals surface area contributed by atoms with E-state index in [1.165, 1.54) is 0 Å². The summed E-state index contributed by atoms with van der Waals surface area (Å²) in [5.41, 5.74) is 1.60. The zero-order valence-electron chi connectivity index (χ0n) is 13.6. The maximum Gasteiger partial charge on any atom is 0.139 e. The van der Waals surface area contributed by atoms with E-state index < -0.39 is 0 Å². The average molecular weight is 380 g/mol. The molecule has 0 spiro atoms. The Bertz CT molecular complexity index is 712. The van der Waals surface area contributed by atoms with Gasteiger partial charge in [-0.3, -0.25) is 0 Å². The van der Waals surface area contributed by atoms with Crippen molar-refractivity contribution in [2.24, 2.45) is 0 Å². The number of hydrogen-bond donors (Lipinski definition) is 1. The summed E-state index contributed by atoms with van der Waals surface area (Å²) in [5.74, 6) is 0. The van der Waals surface area contributed by atoms with Crippen LogP contribution >= 0.6 is 23.2 Å². The lowest BCUT2D eigenvalue weighted by atomic mass is 9.96. The first-order valence-electron chi connectivity index (χ1n) is 8.26. The molecular formula is C19H19Cl2NO3. The third-order valence-electron chi connectivity index (χ3n) is 4.92. The number of ether oxygens (including phenoxy) is 2. The maximum atomic E-state index is 9.59. The first-order chi connectivity index (χ1) is 12.1. The smallest absolute Gasteiger partial charge is 0.139 e. The Balaban J connectivity index is 1.75. The number of benzene rings is 2. The third-order valence-corrected chi connectivity index (χ3v) is 5.39. The second-order valence-electron chi connectivity index (χ2n) is 6.54. The van der Waals surface area contributed by atoms with Crippen molar-refractivity contribution in [1.82, 2.24) is 4.90 Å². The molecule has 0 aromatic heterocycles. The van der Waals surface area contributed by atoms with Crippen molar-refractivity contribution in [3.63, 3.8) is 0 Å². The van der Waals surface area contributed by atoms with Gasteiger partial charge in [-0.1, -0.05) is 47.5 Å². The summed E-state index contributed by atoms with van der Waals surface area (Å²) < 4.78 is 12.3. The minimum absolute atomic E-state index is 0.0771. The Morgan fingerprint density at radius 1 is 0.960 bits per heavy atom. The normalized spacial score (nSPS) is 29.1. The van der Waals surface area contributed by atoms with Crippen LogP contribution in [0.25, 0.3) is 0 Å². The summed E-state index contributed by atoms with van der Waals surface area (Å²) in [6, 6.07) is 15.3. The Labute approximate surface area is 156 Å². The maximum absolute atomic E-state index is 9.59. The van der Waals surface area contributed by atoms with Crippen LogP contribution in [0.5, 0.6) is 0 Å². The summed E-state index contributed by atoms with van der Waals surface area (Å²) in [4.78, 5) is 2.21. The number of rotatable bonds is 4. The molecule has 0 radical (unpaired) electrons. The first kappa shape index (κ1) is 17.3. The predicted octanol–water partition coefficient (Wildman–Crippen LogP) is 4.17. The Hall–Kier alpha value is -1.14. The van der Waals surface area contributed by atoms with Crippen LogP contribution in [0, 0.1) is 0 Å². The fourth-order valence-corrected chi connectivity index (χ4v) is 4.15. The topological polar surface area (TPSA) is 41.9 Å². The molecule has 0 aliphatic carbocycles. The van der Waals surface area contributed by atoms with Gasteiger partial charge in [0.15, 0.2) is 0 Å². The molecule has 6 heteroatoms. The predicted molar refractivity (Wildman–Crippen MR) is 96.6 cm³/mol. The van der Waals surface area contributed by atoms with Crippen LogP contribution in [0.15, 0.2) is 48.5 Å². The molecule has 2 aromatic carbocycles. The molecule has 2 fully saturated rings. The van der Waals surface area contributed by atoms with E-state index in [4.69, 9.17) is 32.7 Å². The molecule has 1 N–H and O–H groups in total. The molecule has 2 aliphatic heterocycles. The van der Waals surface area contributed by atoms with E-state index in [2.05, 4.69) is 4.90 Å². The van der Waals surface area contributed by atoms with Gasteiger partial charge in [0.25, 0.3) is 0 Å². The van der Waals surface area contributed by atoms with Gasteiger partial charge in [0.2, 0.25) is 0 Å². The molecule has 0 bridgehead atoms. The lowest BCUT2D eigenvalue weighted by molar-refractivity contribution is -0.0623. The van der Waals surface area contributed by atoms with E-state index in [-0.39, 0.29) is 24.6 Å². The van der Waals surface area contributed by atoms with Gasteiger partial charge in [-0.15, -0.1) is 0 Å². The number of halogens is 2. The molecule has 0 saturated carbocycles. The van der Waals surface area contributed by atoms with E-state index >= 15 is 0 Å². The van der Waals surface area contributed by atoms with Gasteiger partial charge in [-0.2, -0.15) is 0 Å². The van der Waals surface area contributed by atoms with Crippen molar-refractivity contribution < 1.29 is 14.6 Å². The zero-order valence-corrected chi connectivity index (χ0v) is 15.1. The molecule has 25 heavy (non-hydrogen) atoms. The van der Waals surface area contributed by atoms with Gasteiger partial charge in [0.1, 0.15) is 12.5 Å². The van der Waals surface area contributed by atoms with Gasteiger partial charge in [0, 0.05) is 16.7 Å².